The van der Waals surface area contributed by atoms with Crippen LogP contribution in [0.15, 0.2) is 12.4 Å². The van der Waals surface area contributed by atoms with Gasteiger partial charge >= 0.3 is 0 Å². The lowest BCUT2D eigenvalue weighted by Gasteiger charge is -2.24. The van der Waals surface area contributed by atoms with Gasteiger partial charge in [0.15, 0.2) is 0 Å². The highest BCUT2D eigenvalue weighted by Crippen LogP contribution is 2.23. The highest BCUT2D eigenvalue weighted by Gasteiger charge is 2.19. The SMILES string of the molecule is [B]c1cnncc1C(C)(C)CC. The van der Waals surface area contributed by atoms with Gasteiger partial charge in [0, 0.05) is 6.20 Å². The standard InChI is InChI=1S/C9H13BN2/c1-4-9(2,3)7-5-11-12-6-8(7)10/h5-6H,4H2,1-3H3. The summed E-state index contributed by atoms with van der Waals surface area (Å²) in [6, 6.07) is 0. The maximum Gasteiger partial charge on any atom is 0.116 e. The summed E-state index contributed by atoms with van der Waals surface area (Å²) in [6.07, 6.45) is 4.40. The second-order valence-electron chi connectivity index (χ2n) is 3.60. The normalized spacial score (nSPS) is 11.6. The summed E-state index contributed by atoms with van der Waals surface area (Å²) in [6.45, 7) is 6.45. The van der Waals surface area contributed by atoms with E-state index in [9.17, 15) is 0 Å². The number of aromatic nitrogens is 2. The van der Waals surface area contributed by atoms with E-state index in [1.807, 2.05) is 0 Å². The predicted octanol–water partition coefficient (Wildman–Crippen LogP) is 0.958. The predicted molar refractivity (Wildman–Crippen MR) is 50.7 cm³/mol. The molecule has 0 amide bonds. The Balaban J connectivity index is 3.10. The molecule has 0 aliphatic rings. The van der Waals surface area contributed by atoms with Crippen molar-refractivity contribution in [1.29, 1.82) is 0 Å². The second-order valence-corrected chi connectivity index (χ2v) is 3.60. The Hall–Kier alpha value is -0.855. The number of hydrogen-bond acceptors (Lipinski definition) is 2. The van der Waals surface area contributed by atoms with Crippen molar-refractivity contribution in [2.75, 3.05) is 0 Å². The van der Waals surface area contributed by atoms with Crippen LogP contribution in [-0.2, 0) is 5.41 Å². The van der Waals surface area contributed by atoms with Crippen LogP contribution in [0.2, 0.25) is 0 Å². The fourth-order valence-electron chi connectivity index (χ4n) is 1.09. The van der Waals surface area contributed by atoms with Crippen LogP contribution in [0.5, 0.6) is 0 Å². The summed E-state index contributed by atoms with van der Waals surface area (Å²) in [7, 11) is 5.78. The zero-order valence-electron chi connectivity index (χ0n) is 7.83. The first-order valence-electron chi connectivity index (χ1n) is 4.14. The van der Waals surface area contributed by atoms with Crippen LogP contribution in [-0.4, -0.2) is 18.0 Å². The van der Waals surface area contributed by atoms with Crippen molar-refractivity contribution in [3.63, 3.8) is 0 Å². The molecular weight excluding hydrogens is 147 g/mol. The van der Waals surface area contributed by atoms with Crippen LogP contribution in [0.4, 0.5) is 0 Å². The molecular formula is C9H13BN2. The number of rotatable bonds is 2. The molecule has 62 valence electrons. The van der Waals surface area contributed by atoms with Gasteiger partial charge in [-0.3, -0.25) is 0 Å². The Morgan fingerprint density at radius 3 is 2.42 bits per heavy atom. The van der Waals surface area contributed by atoms with Gasteiger partial charge in [0.1, 0.15) is 7.85 Å². The van der Waals surface area contributed by atoms with Gasteiger partial charge in [-0.1, -0.05) is 26.2 Å². The lowest BCUT2D eigenvalue weighted by molar-refractivity contribution is 0.506. The monoisotopic (exact) mass is 160 g/mol. The Morgan fingerprint density at radius 2 is 1.92 bits per heavy atom. The Morgan fingerprint density at radius 1 is 1.33 bits per heavy atom. The summed E-state index contributed by atoms with van der Waals surface area (Å²) in [4.78, 5) is 0. The molecule has 0 atom stereocenters. The highest BCUT2D eigenvalue weighted by molar-refractivity contribution is 6.33. The van der Waals surface area contributed by atoms with Crippen molar-refractivity contribution >= 4 is 13.3 Å². The van der Waals surface area contributed by atoms with Crippen LogP contribution < -0.4 is 5.46 Å². The molecule has 0 aromatic carbocycles. The van der Waals surface area contributed by atoms with Crippen LogP contribution in [0, 0.1) is 0 Å². The van der Waals surface area contributed by atoms with E-state index < -0.39 is 0 Å². The summed E-state index contributed by atoms with van der Waals surface area (Å²) in [5, 5.41) is 7.55. The van der Waals surface area contributed by atoms with Gasteiger partial charge in [-0.25, -0.2) is 0 Å². The quantitative estimate of drug-likeness (QED) is 0.602. The Bertz CT molecular complexity index is 271. The molecule has 0 N–H and O–H groups in total. The van der Waals surface area contributed by atoms with E-state index in [0.717, 1.165) is 17.4 Å². The van der Waals surface area contributed by atoms with Gasteiger partial charge < -0.3 is 0 Å². The van der Waals surface area contributed by atoms with Gasteiger partial charge in [-0.15, -0.1) is 0 Å². The third-order valence-corrected chi connectivity index (χ3v) is 2.37. The largest absolute Gasteiger partial charge is 0.160 e. The fraction of sp³-hybridized carbons (Fsp3) is 0.556. The molecule has 1 heterocycles. The summed E-state index contributed by atoms with van der Waals surface area (Å²) < 4.78 is 0. The van der Waals surface area contributed by atoms with Crippen molar-refractivity contribution in [3.8, 4) is 0 Å². The maximum atomic E-state index is 5.78. The maximum absolute atomic E-state index is 5.78. The van der Waals surface area contributed by atoms with E-state index in [-0.39, 0.29) is 5.41 Å². The van der Waals surface area contributed by atoms with Crippen LogP contribution >= 0.6 is 0 Å². The molecule has 0 fully saturated rings. The first-order valence-corrected chi connectivity index (χ1v) is 4.14. The molecule has 0 unspecified atom stereocenters. The summed E-state index contributed by atoms with van der Waals surface area (Å²) in [5.41, 5.74) is 1.91. The summed E-state index contributed by atoms with van der Waals surface area (Å²) in [5.74, 6) is 0. The van der Waals surface area contributed by atoms with E-state index in [1.54, 1.807) is 12.4 Å². The van der Waals surface area contributed by atoms with E-state index in [1.165, 1.54) is 0 Å². The molecule has 1 rings (SSSR count). The molecule has 0 saturated carbocycles. The molecule has 0 spiro atoms. The first-order chi connectivity index (χ1) is 5.58. The second kappa shape index (κ2) is 3.25. The van der Waals surface area contributed by atoms with Gasteiger partial charge in [0.25, 0.3) is 0 Å². The molecule has 0 aliphatic heterocycles. The topological polar surface area (TPSA) is 25.8 Å². The first kappa shape index (κ1) is 9.23. The fourth-order valence-corrected chi connectivity index (χ4v) is 1.09. The molecule has 2 radical (unpaired) electrons. The van der Waals surface area contributed by atoms with Crippen molar-refractivity contribution in [2.45, 2.75) is 32.6 Å². The molecule has 0 aliphatic carbocycles. The van der Waals surface area contributed by atoms with Crippen molar-refractivity contribution in [3.05, 3.63) is 18.0 Å². The zero-order chi connectivity index (χ0) is 9.19. The molecule has 1 aromatic heterocycles. The zero-order valence-corrected chi connectivity index (χ0v) is 7.83. The van der Waals surface area contributed by atoms with Crippen LogP contribution in [0.1, 0.15) is 32.8 Å². The molecule has 1 aromatic rings. The van der Waals surface area contributed by atoms with E-state index >= 15 is 0 Å². The molecule has 0 saturated heterocycles. The van der Waals surface area contributed by atoms with Gasteiger partial charge in [-0.05, 0) is 17.4 Å². The highest BCUT2D eigenvalue weighted by atomic mass is 15.1. The molecule has 12 heavy (non-hydrogen) atoms. The molecule has 2 nitrogen and oxygen atoms in total. The number of hydrogen-bond donors (Lipinski definition) is 0. The number of nitrogens with zero attached hydrogens (tertiary/aromatic N) is 2. The lowest BCUT2D eigenvalue weighted by atomic mass is 9.76. The third kappa shape index (κ3) is 1.66. The minimum atomic E-state index is 0.0972. The van der Waals surface area contributed by atoms with Crippen molar-refractivity contribution in [1.82, 2.24) is 10.2 Å². The Kier molecular flexibility index (Phi) is 2.50. The smallest absolute Gasteiger partial charge is 0.116 e. The summed E-state index contributed by atoms with van der Waals surface area (Å²) >= 11 is 0. The van der Waals surface area contributed by atoms with Gasteiger partial charge in [-0.2, -0.15) is 10.2 Å². The third-order valence-electron chi connectivity index (χ3n) is 2.37. The van der Waals surface area contributed by atoms with Gasteiger partial charge in [0.2, 0.25) is 0 Å². The molecule has 0 bridgehead atoms. The van der Waals surface area contributed by atoms with E-state index in [0.29, 0.717) is 0 Å². The molecule has 3 heteroatoms. The van der Waals surface area contributed by atoms with Gasteiger partial charge in [0.05, 0.1) is 6.20 Å². The minimum absolute atomic E-state index is 0.0972. The van der Waals surface area contributed by atoms with E-state index in [2.05, 4.69) is 31.0 Å². The Labute approximate surface area is 74.8 Å². The average Bonchev–Trinajstić information content (AvgIpc) is 2.05. The lowest BCUT2D eigenvalue weighted by Crippen LogP contribution is -2.26. The van der Waals surface area contributed by atoms with Crippen molar-refractivity contribution in [2.24, 2.45) is 0 Å². The van der Waals surface area contributed by atoms with Crippen LogP contribution in [0.3, 0.4) is 0 Å². The van der Waals surface area contributed by atoms with Crippen LogP contribution in [0.25, 0.3) is 0 Å². The van der Waals surface area contributed by atoms with Crippen molar-refractivity contribution < 1.29 is 0 Å². The minimum Gasteiger partial charge on any atom is -0.160 e. The van der Waals surface area contributed by atoms with E-state index in [4.69, 9.17) is 7.85 Å². The average molecular weight is 160 g/mol.